The van der Waals surface area contributed by atoms with E-state index in [4.69, 9.17) is 11.6 Å². The van der Waals surface area contributed by atoms with Crippen molar-refractivity contribution in [1.29, 1.82) is 0 Å². The van der Waals surface area contributed by atoms with Crippen molar-refractivity contribution in [2.45, 2.75) is 25.8 Å². The first-order valence-corrected chi connectivity index (χ1v) is 5.58. The summed E-state index contributed by atoms with van der Waals surface area (Å²) in [7, 11) is 0. The molecule has 1 aromatic rings. The smallest absolute Gasteiger partial charge is 0.223 e. The van der Waals surface area contributed by atoms with E-state index < -0.39 is 0 Å². The molecule has 2 atom stereocenters. The molecule has 1 N–H and O–H groups in total. The predicted molar refractivity (Wildman–Crippen MR) is 60.9 cm³/mol. The number of halogens is 1. The van der Waals surface area contributed by atoms with E-state index in [-0.39, 0.29) is 17.9 Å². The van der Waals surface area contributed by atoms with Crippen LogP contribution < -0.4 is 5.32 Å². The van der Waals surface area contributed by atoms with Crippen LogP contribution in [0.4, 0.5) is 0 Å². The highest BCUT2D eigenvalue weighted by Crippen LogP contribution is 2.19. The number of hydrogen-bond donors (Lipinski definition) is 1. The number of benzene rings is 1. The van der Waals surface area contributed by atoms with Crippen LogP contribution in [0.5, 0.6) is 0 Å². The Morgan fingerprint density at radius 2 is 2.07 bits per heavy atom. The third-order valence-corrected chi connectivity index (χ3v) is 3.08. The van der Waals surface area contributed by atoms with E-state index in [1.807, 2.05) is 31.2 Å². The fourth-order valence-corrected chi connectivity index (χ4v) is 2.10. The van der Waals surface area contributed by atoms with Gasteiger partial charge in [0, 0.05) is 17.0 Å². The molecule has 1 amide bonds. The number of hydrogen-bond acceptors (Lipinski definition) is 1. The van der Waals surface area contributed by atoms with Crippen LogP contribution in [0.3, 0.4) is 0 Å². The molecular weight excluding hydrogens is 210 g/mol. The Bertz CT molecular complexity index is 360. The van der Waals surface area contributed by atoms with Crippen LogP contribution in [0.15, 0.2) is 24.3 Å². The minimum absolute atomic E-state index is 0.155. The monoisotopic (exact) mass is 223 g/mol. The van der Waals surface area contributed by atoms with Crippen LogP contribution in [0, 0.1) is 5.92 Å². The molecule has 2 unspecified atom stereocenters. The molecule has 3 heteroatoms. The lowest BCUT2D eigenvalue weighted by Crippen LogP contribution is -2.27. The predicted octanol–water partition coefficient (Wildman–Crippen LogP) is 2.41. The van der Waals surface area contributed by atoms with Crippen molar-refractivity contribution in [3.8, 4) is 0 Å². The van der Waals surface area contributed by atoms with Crippen LogP contribution in [0.2, 0.25) is 5.02 Å². The van der Waals surface area contributed by atoms with Gasteiger partial charge in [0.15, 0.2) is 0 Å². The molecule has 0 saturated carbocycles. The molecule has 1 aromatic carbocycles. The molecule has 2 rings (SSSR count). The Labute approximate surface area is 94.6 Å². The number of amides is 1. The number of rotatable bonds is 2. The Kier molecular flexibility index (Phi) is 2.96. The summed E-state index contributed by atoms with van der Waals surface area (Å²) in [5, 5.41) is 3.75. The number of nitrogens with one attached hydrogen (secondary N) is 1. The summed E-state index contributed by atoms with van der Waals surface area (Å²) in [4.78, 5) is 11.3. The molecular formula is C12H14ClNO. The average Bonchev–Trinajstić information content (AvgIpc) is 2.50. The van der Waals surface area contributed by atoms with Crippen molar-refractivity contribution >= 4 is 17.5 Å². The van der Waals surface area contributed by atoms with Gasteiger partial charge in [-0.1, -0.05) is 30.7 Å². The zero-order valence-corrected chi connectivity index (χ0v) is 9.42. The Morgan fingerprint density at radius 3 is 2.60 bits per heavy atom. The van der Waals surface area contributed by atoms with E-state index in [0.29, 0.717) is 0 Å². The third-order valence-electron chi connectivity index (χ3n) is 2.83. The summed E-state index contributed by atoms with van der Waals surface area (Å²) >= 11 is 5.80. The van der Waals surface area contributed by atoms with Crippen LogP contribution >= 0.6 is 11.6 Å². The molecule has 0 radical (unpaired) electrons. The van der Waals surface area contributed by atoms with E-state index in [9.17, 15) is 4.79 Å². The largest absolute Gasteiger partial charge is 0.353 e. The van der Waals surface area contributed by atoms with Gasteiger partial charge in [-0.15, -0.1) is 0 Å². The molecule has 1 aliphatic rings. The van der Waals surface area contributed by atoms with Crippen molar-refractivity contribution in [3.05, 3.63) is 34.9 Å². The third kappa shape index (κ3) is 2.51. The van der Waals surface area contributed by atoms with E-state index >= 15 is 0 Å². The first kappa shape index (κ1) is 10.5. The molecule has 0 aliphatic carbocycles. The molecule has 0 bridgehead atoms. The fraction of sp³-hybridized carbons (Fsp3) is 0.417. The van der Waals surface area contributed by atoms with Crippen LogP contribution in [0.25, 0.3) is 0 Å². The highest BCUT2D eigenvalue weighted by Gasteiger charge is 2.27. The van der Waals surface area contributed by atoms with E-state index in [2.05, 4.69) is 5.32 Å². The number of carbonyl (C=O) groups excluding carboxylic acids is 1. The Balaban J connectivity index is 1.98. The minimum Gasteiger partial charge on any atom is -0.353 e. The normalized spacial score (nSPS) is 25.3. The second-order valence-corrected chi connectivity index (χ2v) is 4.61. The van der Waals surface area contributed by atoms with Gasteiger partial charge >= 0.3 is 0 Å². The van der Waals surface area contributed by atoms with Gasteiger partial charge in [0.25, 0.3) is 0 Å². The van der Waals surface area contributed by atoms with Gasteiger partial charge in [-0.05, 0) is 30.5 Å². The molecule has 1 fully saturated rings. The second-order valence-electron chi connectivity index (χ2n) is 4.17. The van der Waals surface area contributed by atoms with Crippen molar-refractivity contribution < 1.29 is 4.79 Å². The van der Waals surface area contributed by atoms with E-state index in [0.717, 1.165) is 17.9 Å². The lowest BCUT2D eigenvalue weighted by atomic mass is 10.0. The van der Waals surface area contributed by atoms with Gasteiger partial charge in [-0.25, -0.2) is 0 Å². The number of carbonyl (C=O) groups is 1. The topological polar surface area (TPSA) is 29.1 Å². The minimum atomic E-state index is 0.155. The standard InChI is InChI=1S/C12H14ClNO/c1-8-6-11(14-12(8)15)7-9-2-4-10(13)5-3-9/h2-5,8,11H,6-7H2,1H3,(H,14,15). The SMILES string of the molecule is CC1CC(Cc2ccc(Cl)cc2)NC1=O. The van der Waals surface area contributed by atoms with Gasteiger partial charge in [0.05, 0.1) is 0 Å². The molecule has 15 heavy (non-hydrogen) atoms. The molecule has 0 spiro atoms. The van der Waals surface area contributed by atoms with E-state index in [1.54, 1.807) is 0 Å². The molecule has 1 aliphatic heterocycles. The summed E-state index contributed by atoms with van der Waals surface area (Å²) in [5.41, 5.74) is 1.22. The Hall–Kier alpha value is -1.02. The van der Waals surface area contributed by atoms with Gasteiger partial charge < -0.3 is 5.32 Å². The van der Waals surface area contributed by atoms with Gasteiger partial charge in [-0.2, -0.15) is 0 Å². The van der Waals surface area contributed by atoms with Gasteiger partial charge in [-0.3, -0.25) is 4.79 Å². The van der Waals surface area contributed by atoms with Crippen molar-refractivity contribution in [3.63, 3.8) is 0 Å². The second kappa shape index (κ2) is 4.23. The summed E-state index contributed by atoms with van der Waals surface area (Å²) in [6.45, 7) is 1.97. The Morgan fingerprint density at radius 1 is 1.40 bits per heavy atom. The lowest BCUT2D eigenvalue weighted by molar-refractivity contribution is -0.122. The maximum absolute atomic E-state index is 11.3. The van der Waals surface area contributed by atoms with E-state index in [1.165, 1.54) is 5.56 Å². The molecule has 0 aromatic heterocycles. The van der Waals surface area contributed by atoms with Crippen molar-refractivity contribution in [2.75, 3.05) is 0 Å². The summed E-state index contributed by atoms with van der Waals surface area (Å²) < 4.78 is 0. The molecule has 1 heterocycles. The maximum atomic E-state index is 11.3. The van der Waals surface area contributed by atoms with Crippen LogP contribution in [0.1, 0.15) is 18.9 Å². The first-order chi connectivity index (χ1) is 7.15. The lowest BCUT2D eigenvalue weighted by Gasteiger charge is -2.09. The van der Waals surface area contributed by atoms with Crippen molar-refractivity contribution in [1.82, 2.24) is 5.32 Å². The summed E-state index contributed by atoms with van der Waals surface area (Å²) in [6.07, 6.45) is 1.83. The van der Waals surface area contributed by atoms with Crippen molar-refractivity contribution in [2.24, 2.45) is 5.92 Å². The highest BCUT2D eigenvalue weighted by molar-refractivity contribution is 6.30. The first-order valence-electron chi connectivity index (χ1n) is 5.20. The average molecular weight is 224 g/mol. The van der Waals surface area contributed by atoms with Crippen LogP contribution in [-0.4, -0.2) is 11.9 Å². The zero-order valence-electron chi connectivity index (χ0n) is 8.66. The maximum Gasteiger partial charge on any atom is 0.223 e. The summed E-state index contributed by atoms with van der Waals surface area (Å²) in [5.74, 6) is 0.330. The van der Waals surface area contributed by atoms with Gasteiger partial charge in [0.2, 0.25) is 5.91 Å². The fourth-order valence-electron chi connectivity index (χ4n) is 1.98. The zero-order chi connectivity index (χ0) is 10.8. The molecule has 80 valence electrons. The van der Waals surface area contributed by atoms with Crippen LogP contribution in [-0.2, 0) is 11.2 Å². The molecule has 2 nitrogen and oxygen atoms in total. The highest BCUT2D eigenvalue weighted by atomic mass is 35.5. The quantitative estimate of drug-likeness (QED) is 0.820. The van der Waals surface area contributed by atoms with Gasteiger partial charge in [0.1, 0.15) is 0 Å². The molecule has 1 saturated heterocycles. The summed E-state index contributed by atoms with van der Waals surface area (Å²) in [6, 6.07) is 8.08.